The van der Waals surface area contributed by atoms with E-state index in [2.05, 4.69) is 0 Å². The lowest BCUT2D eigenvalue weighted by Crippen LogP contribution is -2.46. The maximum Gasteiger partial charge on any atom is 0.228 e. The monoisotopic (exact) mass is 424 g/mol. The van der Waals surface area contributed by atoms with E-state index in [1.165, 1.54) is 0 Å². The second kappa shape index (κ2) is 7.13. The van der Waals surface area contributed by atoms with Gasteiger partial charge in [-0.1, -0.05) is 23.7 Å². The molecule has 30 heavy (non-hydrogen) atoms. The minimum absolute atomic E-state index is 0.0494. The van der Waals surface area contributed by atoms with Crippen LogP contribution in [0.4, 0.5) is 5.69 Å². The topological polar surface area (TPSA) is 66.9 Å². The van der Waals surface area contributed by atoms with Crippen molar-refractivity contribution in [3.8, 4) is 5.75 Å². The summed E-state index contributed by atoms with van der Waals surface area (Å²) in [6.07, 6.45) is 1.07. The lowest BCUT2D eigenvalue weighted by molar-refractivity contribution is -0.135. The first-order chi connectivity index (χ1) is 14.4. The standard InChI is InChI=1S/C23H21ClN2O4/c24-16-5-7-17(8-6-16)26-13-15(11-21(26)28)22(29)25-10-9-23(14-25)12-19(27)18-3-1-2-4-20(18)30-23/h1-8,15H,9-14H2. The molecule has 154 valence electrons. The average Bonchev–Trinajstić information content (AvgIpc) is 3.32. The van der Waals surface area contributed by atoms with Crippen molar-refractivity contribution in [2.45, 2.75) is 24.9 Å². The van der Waals surface area contributed by atoms with Crippen LogP contribution in [-0.2, 0) is 9.59 Å². The molecule has 2 aromatic rings. The molecule has 2 aromatic carbocycles. The first-order valence-corrected chi connectivity index (χ1v) is 10.5. The summed E-state index contributed by atoms with van der Waals surface area (Å²) in [5.74, 6) is 0.133. The Morgan fingerprint density at radius 2 is 1.87 bits per heavy atom. The van der Waals surface area contributed by atoms with Crippen LogP contribution in [0.2, 0.25) is 5.02 Å². The zero-order chi connectivity index (χ0) is 20.9. The molecule has 2 unspecified atom stereocenters. The van der Waals surface area contributed by atoms with Crippen LogP contribution in [0.1, 0.15) is 29.6 Å². The number of amides is 2. The van der Waals surface area contributed by atoms with E-state index < -0.39 is 11.5 Å². The molecule has 3 heterocycles. The van der Waals surface area contributed by atoms with Gasteiger partial charge in [0.1, 0.15) is 11.4 Å². The van der Waals surface area contributed by atoms with Crippen LogP contribution in [0.3, 0.4) is 0 Å². The molecule has 2 atom stereocenters. The Kier molecular flexibility index (Phi) is 4.54. The number of nitrogens with zero attached hydrogens (tertiary/aromatic N) is 2. The Morgan fingerprint density at radius 3 is 2.67 bits per heavy atom. The number of carbonyl (C=O) groups excluding carboxylic acids is 3. The maximum absolute atomic E-state index is 13.2. The fourth-order valence-electron chi connectivity index (χ4n) is 4.71. The van der Waals surface area contributed by atoms with Gasteiger partial charge in [0.15, 0.2) is 5.78 Å². The number of hydrogen-bond donors (Lipinski definition) is 0. The lowest BCUT2D eigenvalue weighted by Gasteiger charge is -2.34. The summed E-state index contributed by atoms with van der Waals surface area (Å²) in [5, 5.41) is 0.601. The predicted molar refractivity (Wildman–Crippen MR) is 112 cm³/mol. The van der Waals surface area contributed by atoms with Gasteiger partial charge in [-0.2, -0.15) is 0 Å². The third kappa shape index (κ3) is 3.25. The molecular formula is C23H21ClN2O4. The highest BCUT2D eigenvalue weighted by atomic mass is 35.5. The van der Waals surface area contributed by atoms with Gasteiger partial charge in [0.25, 0.3) is 0 Å². The number of rotatable bonds is 2. The summed E-state index contributed by atoms with van der Waals surface area (Å²) in [5.41, 5.74) is 0.683. The minimum atomic E-state index is -0.667. The molecule has 0 saturated carbocycles. The number of fused-ring (bicyclic) bond motifs is 1. The van der Waals surface area contributed by atoms with E-state index in [1.807, 2.05) is 12.1 Å². The summed E-state index contributed by atoms with van der Waals surface area (Å²) < 4.78 is 6.21. The number of carbonyl (C=O) groups is 3. The van der Waals surface area contributed by atoms with Crippen LogP contribution < -0.4 is 9.64 Å². The third-order valence-corrected chi connectivity index (χ3v) is 6.49. The summed E-state index contributed by atoms with van der Waals surface area (Å²) >= 11 is 5.93. The van der Waals surface area contributed by atoms with Gasteiger partial charge in [-0.25, -0.2) is 0 Å². The fourth-order valence-corrected chi connectivity index (χ4v) is 4.83. The molecule has 1 spiro atoms. The van der Waals surface area contributed by atoms with Gasteiger partial charge in [-0.15, -0.1) is 0 Å². The van der Waals surface area contributed by atoms with Gasteiger partial charge in [0.05, 0.1) is 24.4 Å². The SMILES string of the molecule is O=C1CC2(CCN(C(=O)C3CC(=O)N(c4ccc(Cl)cc4)C3)C2)Oc2ccccc21. The molecule has 0 radical (unpaired) electrons. The van der Waals surface area contributed by atoms with E-state index in [0.29, 0.717) is 42.4 Å². The van der Waals surface area contributed by atoms with E-state index in [9.17, 15) is 14.4 Å². The van der Waals surface area contributed by atoms with Crippen molar-refractivity contribution in [2.75, 3.05) is 24.5 Å². The van der Waals surface area contributed by atoms with E-state index >= 15 is 0 Å². The largest absolute Gasteiger partial charge is 0.484 e. The van der Waals surface area contributed by atoms with Crippen molar-refractivity contribution >= 4 is 34.9 Å². The van der Waals surface area contributed by atoms with E-state index in [0.717, 1.165) is 5.69 Å². The molecule has 0 aromatic heterocycles. The number of anilines is 1. The first kappa shape index (κ1) is 19.1. The number of halogens is 1. The molecule has 0 bridgehead atoms. The maximum atomic E-state index is 13.2. The van der Waals surface area contributed by atoms with Crippen molar-refractivity contribution in [1.82, 2.24) is 4.90 Å². The van der Waals surface area contributed by atoms with Crippen molar-refractivity contribution in [2.24, 2.45) is 5.92 Å². The second-order valence-electron chi connectivity index (χ2n) is 8.27. The van der Waals surface area contributed by atoms with Crippen LogP contribution in [0.15, 0.2) is 48.5 Å². The molecule has 7 heteroatoms. The average molecular weight is 425 g/mol. The van der Waals surface area contributed by atoms with Crippen molar-refractivity contribution in [3.63, 3.8) is 0 Å². The highest BCUT2D eigenvalue weighted by Crippen LogP contribution is 2.39. The number of ketones is 1. The normalized spacial score (nSPS) is 25.6. The van der Waals surface area contributed by atoms with Gasteiger partial charge in [-0.3, -0.25) is 14.4 Å². The zero-order valence-corrected chi connectivity index (χ0v) is 17.1. The summed E-state index contributed by atoms with van der Waals surface area (Å²) in [7, 11) is 0. The van der Waals surface area contributed by atoms with Gasteiger partial charge in [0, 0.05) is 36.6 Å². The van der Waals surface area contributed by atoms with Crippen LogP contribution in [0.25, 0.3) is 0 Å². The molecule has 0 N–H and O–H groups in total. The summed E-state index contributed by atoms with van der Waals surface area (Å²) in [6.45, 7) is 1.25. The van der Waals surface area contributed by atoms with Crippen LogP contribution >= 0.6 is 11.6 Å². The number of benzene rings is 2. The molecule has 2 saturated heterocycles. The molecule has 3 aliphatic heterocycles. The highest BCUT2D eigenvalue weighted by molar-refractivity contribution is 6.30. The van der Waals surface area contributed by atoms with Gasteiger partial charge in [0.2, 0.25) is 11.8 Å². The number of likely N-dealkylation sites (tertiary alicyclic amines) is 1. The molecule has 2 fully saturated rings. The molecular weight excluding hydrogens is 404 g/mol. The van der Waals surface area contributed by atoms with E-state index in [4.69, 9.17) is 16.3 Å². The summed E-state index contributed by atoms with van der Waals surface area (Å²) in [6, 6.07) is 14.3. The molecule has 3 aliphatic rings. The molecule has 5 rings (SSSR count). The Hall–Kier alpha value is -2.86. The van der Waals surface area contributed by atoms with E-state index in [-0.39, 0.29) is 30.4 Å². The van der Waals surface area contributed by atoms with Gasteiger partial charge >= 0.3 is 0 Å². The molecule has 0 aliphatic carbocycles. The van der Waals surface area contributed by atoms with Gasteiger partial charge in [-0.05, 0) is 36.4 Å². The Balaban J connectivity index is 1.29. The number of para-hydroxylation sites is 1. The number of hydrogen-bond acceptors (Lipinski definition) is 4. The first-order valence-electron chi connectivity index (χ1n) is 10.1. The van der Waals surface area contributed by atoms with Crippen molar-refractivity contribution in [1.29, 1.82) is 0 Å². The number of ether oxygens (including phenoxy) is 1. The Labute approximate surface area is 179 Å². The second-order valence-corrected chi connectivity index (χ2v) is 8.71. The highest BCUT2D eigenvalue weighted by Gasteiger charge is 2.48. The molecule has 6 nitrogen and oxygen atoms in total. The third-order valence-electron chi connectivity index (χ3n) is 6.24. The van der Waals surface area contributed by atoms with E-state index in [1.54, 1.807) is 46.2 Å². The quantitative estimate of drug-likeness (QED) is 0.741. The van der Waals surface area contributed by atoms with Gasteiger partial charge < -0.3 is 14.5 Å². The molecule has 2 amide bonds. The van der Waals surface area contributed by atoms with Crippen molar-refractivity contribution in [3.05, 3.63) is 59.1 Å². The van der Waals surface area contributed by atoms with Crippen LogP contribution in [0.5, 0.6) is 5.75 Å². The predicted octanol–water partition coefficient (Wildman–Crippen LogP) is 3.33. The minimum Gasteiger partial charge on any atom is -0.484 e. The zero-order valence-electron chi connectivity index (χ0n) is 16.3. The fraction of sp³-hybridized carbons (Fsp3) is 0.348. The smallest absolute Gasteiger partial charge is 0.228 e. The lowest BCUT2D eigenvalue weighted by atomic mass is 9.89. The Bertz CT molecular complexity index is 1040. The van der Waals surface area contributed by atoms with Crippen molar-refractivity contribution < 1.29 is 19.1 Å². The van der Waals surface area contributed by atoms with Crippen LogP contribution in [-0.4, -0.2) is 47.7 Å². The summed E-state index contributed by atoms with van der Waals surface area (Å²) in [4.78, 5) is 41.7. The number of Topliss-reactive ketones (excluding diaryl/α,β-unsaturated/α-hetero) is 1. The Morgan fingerprint density at radius 1 is 1.10 bits per heavy atom. The van der Waals surface area contributed by atoms with Crippen LogP contribution in [0, 0.1) is 5.92 Å².